The van der Waals surface area contributed by atoms with E-state index in [2.05, 4.69) is 9.89 Å². The summed E-state index contributed by atoms with van der Waals surface area (Å²) in [6.07, 6.45) is 0.220. The molecular formula is C20H26N2O6S. The average Bonchev–Trinajstić information content (AvgIpc) is 3.16. The zero-order valence-electron chi connectivity index (χ0n) is 17.4. The van der Waals surface area contributed by atoms with Crippen LogP contribution in [0.25, 0.3) is 0 Å². The van der Waals surface area contributed by atoms with Gasteiger partial charge in [-0.3, -0.25) is 14.4 Å². The minimum Gasteiger partial charge on any atom is -0.469 e. The molecule has 2 aromatic heterocycles. The summed E-state index contributed by atoms with van der Waals surface area (Å²) in [5.74, 6) is 0.428. The number of ketones is 1. The lowest BCUT2D eigenvalue weighted by atomic mass is 10.1. The molecule has 158 valence electrons. The molecule has 9 heteroatoms. The second-order valence-corrected chi connectivity index (χ2v) is 7.63. The molecule has 29 heavy (non-hydrogen) atoms. The Kier molecular flexibility index (Phi) is 8.07. The number of hydrogen-bond donors (Lipinski definition) is 0. The molecule has 2 heterocycles. The summed E-state index contributed by atoms with van der Waals surface area (Å²) in [4.78, 5) is 35.8. The van der Waals surface area contributed by atoms with Gasteiger partial charge in [0.05, 0.1) is 25.0 Å². The second-order valence-electron chi connectivity index (χ2n) is 6.64. The lowest BCUT2D eigenvalue weighted by molar-refractivity contribution is -0.141. The summed E-state index contributed by atoms with van der Waals surface area (Å²) in [5, 5.41) is 3.88. The van der Waals surface area contributed by atoms with E-state index in [9.17, 15) is 14.4 Å². The fourth-order valence-corrected chi connectivity index (χ4v) is 3.91. The Morgan fingerprint density at radius 3 is 2.52 bits per heavy atom. The zero-order valence-corrected chi connectivity index (χ0v) is 18.2. The fraction of sp³-hybridized carbons (Fsp3) is 0.500. The molecule has 0 saturated carbocycles. The van der Waals surface area contributed by atoms with E-state index in [-0.39, 0.29) is 30.5 Å². The van der Waals surface area contributed by atoms with E-state index in [4.69, 9.17) is 9.26 Å². The molecule has 0 aromatic carbocycles. The van der Waals surface area contributed by atoms with Gasteiger partial charge >= 0.3 is 11.9 Å². The monoisotopic (exact) mass is 422 g/mol. The van der Waals surface area contributed by atoms with Gasteiger partial charge in [0.1, 0.15) is 5.76 Å². The van der Waals surface area contributed by atoms with E-state index in [1.165, 1.54) is 18.9 Å². The molecular weight excluding hydrogens is 396 g/mol. The SMILES string of the molecule is COC(=O)CCn1c(C)cc(C(=O)COC(=O)CSCc2c(C)noc2C)c1C. The van der Waals surface area contributed by atoms with Crippen LogP contribution in [-0.4, -0.2) is 46.9 Å². The first-order valence-electron chi connectivity index (χ1n) is 9.16. The van der Waals surface area contributed by atoms with Crippen LogP contribution in [0.15, 0.2) is 10.6 Å². The predicted octanol–water partition coefficient (Wildman–Crippen LogP) is 2.93. The number of carbonyl (C=O) groups is 3. The highest BCUT2D eigenvalue weighted by Gasteiger charge is 2.18. The standard InChI is InChI=1S/C20H26N2O6S/c1-12-8-16(14(3)22(12)7-6-19(24)26-5)18(23)9-27-20(25)11-29-10-17-13(2)21-28-15(17)4/h8H,6-7,9-11H2,1-5H3. The molecule has 0 aliphatic heterocycles. The molecule has 0 radical (unpaired) electrons. The largest absolute Gasteiger partial charge is 0.469 e. The molecule has 0 N–H and O–H groups in total. The third-order valence-corrected chi connectivity index (χ3v) is 5.59. The third kappa shape index (κ3) is 5.96. The van der Waals surface area contributed by atoms with E-state index < -0.39 is 5.97 Å². The van der Waals surface area contributed by atoms with Crippen LogP contribution in [0.5, 0.6) is 0 Å². The van der Waals surface area contributed by atoms with Crippen LogP contribution < -0.4 is 0 Å². The third-order valence-electron chi connectivity index (χ3n) is 4.65. The van der Waals surface area contributed by atoms with E-state index >= 15 is 0 Å². The van der Waals surface area contributed by atoms with E-state index in [0.717, 1.165) is 28.4 Å². The van der Waals surface area contributed by atoms with E-state index in [0.29, 0.717) is 17.9 Å². The number of hydrogen-bond acceptors (Lipinski definition) is 8. The number of nitrogens with zero attached hydrogens (tertiary/aromatic N) is 2. The first kappa shape index (κ1) is 22.7. The van der Waals surface area contributed by atoms with Crippen molar-refractivity contribution in [3.05, 3.63) is 40.0 Å². The van der Waals surface area contributed by atoms with Gasteiger partial charge in [0.15, 0.2) is 6.61 Å². The van der Waals surface area contributed by atoms with Gasteiger partial charge in [-0.05, 0) is 33.8 Å². The molecule has 0 atom stereocenters. The second kappa shape index (κ2) is 10.3. The summed E-state index contributed by atoms with van der Waals surface area (Å²) in [5.41, 5.74) is 3.86. The number of methoxy groups -OCH3 is 1. The first-order valence-corrected chi connectivity index (χ1v) is 10.3. The average molecular weight is 423 g/mol. The molecule has 0 fully saturated rings. The van der Waals surface area contributed by atoms with Crippen molar-refractivity contribution < 1.29 is 28.4 Å². The molecule has 0 amide bonds. The fourth-order valence-electron chi connectivity index (χ4n) is 2.94. The summed E-state index contributed by atoms with van der Waals surface area (Å²) < 4.78 is 16.7. The summed E-state index contributed by atoms with van der Waals surface area (Å²) >= 11 is 1.38. The Hall–Kier alpha value is -2.55. The number of aromatic nitrogens is 2. The number of aryl methyl sites for hydroxylation is 3. The van der Waals surface area contributed by atoms with Crippen LogP contribution in [0, 0.1) is 27.7 Å². The number of esters is 2. The van der Waals surface area contributed by atoms with Crippen LogP contribution in [-0.2, 0) is 31.4 Å². The van der Waals surface area contributed by atoms with Crippen molar-refractivity contribution in [1.29, 1.82) is 0 Å². The Bertz CT molecular complexity index is 880. The molecule has 2 aromatic rings. The van der Waals surface area contributed by atoms with Crippen molar-refractivity contribution in [2.45, 2.75) is 46.4 Å². The van der Waals surface area contributed by atoms with Crippen molar-refractivity contribution in [3.8, 4) is 0 Å². The van der Waals surface area contributed by atoms with Gasteiger partial charge in [-0.1, -0.05) is 5.16 Å². The zero-order chi connectivity index (χ0) is 21.6. The maximum Gasteiger partial charge on any atom is 0.316 e. The smallest absolute Gasteiger partial charge is 0.316 e. The molecule has 0 unspecified atom stereocenters. The van der Waals surface area contributed by atoms with Crippen molar-refractivity contribution in [1.82, 2.24) is 9.72 Å². The van der Waals surface area contributed by atoms with Crippen LogP contribution >= 0.6 is 11.8 Å². The van der Waals surface area contributed by atoms with Gasteiger partial charge in [-0.25, -0.2) is 0 Å². The highest BCUT2D eigenvalue weighted by molar-refractivity contribution is 7.99. The summed E-state index contributed by atoms with van der Waals surface area (Å²) in [6, 6.07) is 1.75. The van der Waals surface area contributed by atoms with Crippen molar-refractivity contribution in [2.24, 2.45) is 0 Å². The van der Waals surface area contributed by atoms with Crippen LogP contribution in [0.3, 0.4) is 0 Å². The van der Waals surface area contributed by atoms with Gasteiger partial charge in [0, 0.05) is 34.8 Å². The van der Waals surface area contributed by atoms with Gasteiger partial charge in [0.2, 0.25) is 5.78 Å². The molecule has 0 spiro atoms. The Labute approximate surface area is 173 Å². The van der Waals surface area contributed by atoms with Crippen molar-refractivity contribution in [2.75, 3.05) is 19.5 Å². The number of carbonyl (C=O) groups excluding carboxylic acids is 3. The van der Waals surface area contributed by atoms with Gasteiger partial charge in [0.25, 0.3) is 0 Å². The van der Waals surface area contributed by atoms with Gasteiger partial charge in [-0.15, -0.1) is 11.8 Å². The lowest BCUT2D eigenvalue weighted by Gasteiger charge is -2.09. The first-order chi connectivity index (χ1) is 13.7. The van der Waals surface area contributed by atoms with Gasteiger partial charge < -0.3 is 18.6 Å². The van der Waals surface area contributed by atoms with Gasteiger partial charge in [-0.2, -0.15) is 0 Å². The Morgan fingerprint density at radius 1 is 1.17 bits per heavy atom. The number of ether oxygens (including phenoxy) is 2. The van der Waals surface area contributed by atoms with Crippen LogP contribution in [0.1, 0.15) is 45.2 Å². The Morgan fingerprint density at radius 2 is 1.90 bits per heavy atom. The van der Waals surface area contributed by atoms with Crippen LogP contribution in [0.2, 0.25) is 0 Å². The molecule has 0 aliphatic carbocycles. The topological polar surface area (TPSA) is 101 Å². The number of rotatable bonds is 10. The van der Waals surface area contributed by atoms with Crippen molar-refractivity contribution >= 4 is 29.5 Å². The molecule has 0 saturated heterocycles. The lowest BCUT2D eigenvalue weighted by Crippen LogP contribution is -2.16. The van der Waals surface area contributed by atoms with E-state index in [1.54, 1.807) is 13.0 Å². The minimum absolute atomic E-state index is 0.134. The quantitative estimate of drug-likeness (QED) is 0.426. The number of Topliss-reactive ketones (excluding diaryl/α,β-unsaturated/α-hetero) is 1. The van der Waals surface area contributed by atoms with Crippen LogP contribution in [0.4, 0.5) is 0 Å². The summed E-state index contributed by atoms with van der Waals surface area (Å²) in [6.45, 7) is 7.46. The maximum absolute atomic E-state index is 12.5. The van der Waals surface area contributed by atoms with E-state index in [1.807, 2.05) is 25.3 Å². The highest BCUT2D eigenvalue weighted by Crippen LogP contribution is 2.20. The molecule has 0 aliphatic rings. The highest BCUT2D eigenvalue weighted by atomic mass is 32.2. The maximum atomic E-state index is 12.5. The minimum atomic E-state index is -0.449. The molecule has 8 nitrogen and oxygen atoms in total. The predicted molar refractivity (Wildman–Crippen MR) is 108 cm³/mol. The molecule has 0 bridgehead atoms. The summed E-state index contributed by atoms with van der Waals surface area (Å²) in [7, 11) is 1.34. The number of thioether (sulfide) groups is 1. The normalized spacial score (nSPS) is 10.8. The Balaban J connectivity index is 1.84. The molecule has 2 rings (SSSR count). The van der Waals surface area contributed by atoms with Crippen molar-refractivity contribution in [3.63, 3.8) is 0 Å².